The van der Waals surface area contributed by atoms with Crippen LogP contribution in [0.3, 0.4) is 0 Å². The van der Waals surface area contributed by atoms with Crippen LogP contribution < -0.4 is 32.7 Å². The number of hydrogen-bond acceptors (Lipinski definition) is 12. The van der Waals surface area contributed by atoms with Gasteiger partial charge in [-0.25, -0.2) is 19.2 Å². The highest BCUT2D eigenvalue weighted by atomic mass is 16.4. The van der Waals surface area contributed by atoms with E-state index >= 15 is 0 Å². The Balaban J connectivity index is -0.000000710. The van der Waals surface area contributed by atoms with Gasteiger partial charge in [-0.1, -0.05) is 18.6 Å². The first-order valence-electron chi connectivity index (χ1n) is 13.7. The first kappa shape index (κ1) is 45.6. The molecule has 4 amide bonds. The Morgan fingerprint density at radius 3 is 1.43 bits per heavy atom. The molecule has 1 aromatic rings. The topological polar surface area (TPSA) is 352 Å². The summed E-state index contributed by atoms with van der Waals surface area (Å²) in [6.07, 6.45) is 2.63. The van der Waals surface area contributed by atoms with Crippen LogP contribution in [0.4, 0.5) is 15.3 Å². The van der Waals surface area contributed by atoms with Crippen LogP contribution in [0.15, 0.2) is 24.3 Å². The normalized spacial score (nSPS) is 10.4. The highest BCUT2D eigenvalue weighted by Gasteiger charge is 2.21. The lowest BCUT2D eigenvalue weighted by Crippen LogP contribution is -2.46. The van der Waals surface area contributed by atoms with Gasteiger partial charge in [0.2, 0.25) is 0 Å². The van der Waals surface area contributed by atoms with Crippen molar-refractivity contribution in [1.29, 1.82) is 0 Å². The van der Waals surface area contributed by atoms with E-state index in [1.54, 1.807) is 12.1 Å². The number of carbonyl (C=O) groups excluding carboxylic acids is 6. The molecule has 47 heavy (non-hydrogen) atoms. The molecule has 0 aliphatic carbocycles. The van der Waals surface area contributed by atoms with Gasteiger partial charge in [-0.2, -0.15) is 19.2 Å². The van der Waals surface area contributed by atoms with Crippen LogP contribution >= 0.6 is 0 Å². The molecule has 0 aliphatic rings. The maximum absolute atomic E-state index is 11.6. The quantitative estimate of drug-likeness (QED) is 0.0659. The van der Waals surface area contributed by atoms with Crippen LogP contribution in [-0.2, 0) is 44.8 Å². The molecule has 0 unspecified atom stereocenters. The van der Waals surface area contributed by atoms with E-state index in [0.29, 0.717) is 31.7 Å². The van der Waals surface area contributed by atoms with Crippen LogP contribution in [0.1, 0.15) is 50.5 Å². The Morgan fingerprint density at radius 2 is 1.06 bits per heavy atom. The largest absolute Gasteiger partial charge is 0.481 e. The third kappa shape index (κ3) is 31.4. The van der Waals surface area contributed by atoms with Crippen molar-refractivity contribution in [1.82, 2.24) is 21.3 Å². The third-order valence-electron chi connectivity index (χ3n) is 5.35. The van der Waals surface area contributed by atoms with Crippen LogP contribution in [0.25, 0.3) is 0 Å². The van der Waals surface area contributed by atoms with E-state index < -0.39 is 48.0 Å². The summed E-state index contributed by atoms with van der Waals surface area (Å²) in [5.41, 5.74) is 12.5. The van der Waals surface area contributed by atoms with Crippen molar-refractivity contribution in [2.24, 2.45) is 5.73 Å². The lowest BCUT2D eigenvalue weighted by atomic mass is 10.1. The first-order valence-corrected chi connectivity index (χ1v) is 13.7. The van der Waals surface area contributed by atoms with Crippen LogP contribution in [0, 0.1) is 0 Å². The fraction of sp³-hybridized carbons (Fsp3) is 0.481. The molecule has 0 heterocycles. The number of nitrogens with two attached hydrogens (primary N) is 2. The Kier molecular flexibility index (Phi) is 29.3. The number of nitrogens with one attached hydrogen (secondary N) is 4. The molecule has 0 bridgehead atoms. The van der Waals surface area contributed by atoms with Gasteiger partial charge >= 0.3 is 48.2 Å². The van der Waals surface area contributed by atoms with E-state index in [1.807, 2.05) is 12.1 Å². The molecule has 0 radical (unpaired) electrons. The first-order chi connectivity index (χ1) is 22.2. The number of hydrogen-bond donors (Lipinski definition) is 10. The molecular formula is C27H40N6O14. The summed E-state index contributed by atoms with van der Waals surface area (Å²) >= 11 is 0. The average molecular weight is 673 g/mol. The van der Waals surface area contributed by atoms with Gasteiger partial charge in [0.25, 0.3) is 0 Å². The average Bonchev–Trinajstić information content (AvgIpc) is 2.99. The van der Waals surface area contributed by atoms with E-state index in [9.17, 15) is 28.8 Å². The van der Waals surface area contributed by atoms with Crippen LogP contribution in [0.5, 0.6) is 0 Å². The molecular weight excluding hydrogens is 632 g/mol. The Hall–Kier alpha value is -5.84. The van der Waals surface area contributed by atoms with Gasteiger partial charge in [-0.3, -0.25) is 9.59 Å². The molecule has 0 aromatic heterocycles. The number of amides is 4. The molecule has 2 atom stereocenters. The fourth-order valence-corrected chi connectivity index (χ4v) is 3.12. The molecule has 0 saturated heterocycles. The number of anilines is 1. The number of nitrogen functional groups attached to an aromatic ring is 1. The summed E-state index contributed by atoms with van der Waals surface area (Å²) in [4.78, 5) is 98.0. The van der Waals surface area contributed by atoms with Crippen molar-refractivity contribution < 1.29 is 68.4 Å². The van der Waals surface area contributed by atoms with Crippen molar-refractivity contribution in [2.45, 2.75) is 63.5 Å². The molecule has 1 rings (SSSR count). The van der Waals surface area contributed by atoms with E-state index in [0.717, 1.165) is 24.8 Å². The van der Waals surface area contributed by atoms with Gasteiger partial charge in [0.1, 0.15) is 12.1 Å². The highest BCUT2D eigenvalue weighted by Crippen LogP contribution is 2.05. The summed E-state index contributed by atoms with van der Waals surface area (Å²) in [5.74, 6) is -4.73. The molecule has 20 nitrogen and oxygen atoms in total. The van der Waals surface area contributed by atoms with Crippen LogP contribution in [-0.4, -0.2) is 100 Å². The van der Waals surface area contributed by atoms with Gasteiger partial charge in [0.15, 0.2) is 0 Å². The zero-order valence-electron chi connectivity index (χ0n) is 25.3. The number of unbranched alkanes of at least 4 members (excludes halogenated alkanes) is 2. The summed E-state index contributed by atoms with van der Waals surface area (Å²) in [5, 5.41) is 44.2. The molecule has 20 heteroatoms. The fourth-order valence-electron chi connectivity index (χ4n) is 3.12. The van der Waals surface area contributed by atoms with Crippen LogP contribution in [0.2, 0.25) is 0 Å². The number of carbonyl (C=O) groups is 6. The van der Waals surface area contributed by atoms with Crippen molar-refractivity contribution in [3.63, 3.8) is 0 Å². The maximum Gasteiger partial charge on any atom is 0.373 e. The molecule has 262 valence electrons. The number of urea groups is 2. The predicted molar refractivity (Wildman–Crippen MR) is 157 cm³/mol. The minimum atomic E-state index is -1.27. The summed E-state index contributed by atoms with van der Waals surface area (Å²) in [6.45, 7) is 1.35. The van der Waals surface area contributed by atoms with Gasteiger partial charge in [0.05, 0.1) is 0 Å². The van der Waals surface area contributed by atoms with E-state index in [2.05, 4.69) is 21.3 Å². The van der Waals surface area contributed by atoms with E-state index in [4.69, 9.17) is 51.1 Å². The Morgan fingerprint density at radius 1 is 0.660 bits per heavy atom. The van der Waals surface area contributed by atoms with Gasteiger partial charge in [0, 0.05) is 31.6 Å². The SMILES string of the molecule is NCCCCCNC(=O)N[C@@H](CCC(=O)O)C(=O)O.Nc1ccc(CCNC(=O)N[C@@H](CCC(=O)O)C(=O)O)cc1.O=C=O.O=C=O. The van der Waals surface area contributed by atoms with Crippen molar-refractivity contribution >= 4 is 53.9 Å². The summed E-state index contributed by atoms with van der Waals surface area (Å²) in [7, 11) is 0. The van der Waals surface area contributed by atoms with E-state index in [-0.39, 0.29) is 38.0 Å². The molecule has 0 saturated carbocycles. The number of aliphatic carboxylic acids is 4. The zero-order chi connectivity index (χ0) is 36.6. The number of carboxylic acid groups (broad SMARTS) is 4. The molecule has 0 fully saturated rings. The number of rotatable bonds is 18. The smallest absolute Gasteiger partial charge is 0.373 e. The minimum absolute atomic E-state index is 0.148. The van der Waals surface area contributed by atoms with Crippen molar-refractivity contribution in [3.8, 4) is 0 Å². The molecule has 0 aliphatic heterocycles. The number of carboxylic acids is 4. The lowest BCUT2D eigenvalue weighted by molar-refractivity contribution is -0.193. The lowest BCUT2D eigenvalue weighted by Gasteiger charge is -2.14. The summed E-state index contributed by atoms with van der Waals surface area (Å²) in [6, 6.07) is 3.50. The number of benzene rings is 1. The summed E-state index contributed by atoms with van der Waals surface area (Å²) < 4.78 is 0. The van der Waals surface area contributed by atoms with Crippen molar-refractivity contribution in [2.75, 3.05) is 25.4 Å². The second kappa shape index (κ2) is 30.2. The van der Waals surface area contributed by atoms with Gasteiger partial charge < -0.3 is 53.2 Å². The van der Waals surface area contributed by atoms with Crippen molar-refractivity contribution in [3.05, 3.63) is 29.8 Å². The maximum atomic E-state index is 11.6. The third-order valence-corrected chi connectivity index (χ3v) is 5.35. The Labute approximate surface area is 268 Å². The highest BCUT2D eigenvalue weighted by molar-refractivity contribution is 5.83. The molecule has 12 N–H and O–H groups in total. The van der Waals surface area contributed by atoms with E-state index in [1.165, 1.54) is 0 Å². The standard InChI is InChI=1S/C14H19N3O5.C11H21N3O5.2CO2/c15-10-3-1-9(2-4-10)7-8-16-14(22)17-11(13(20)21)5-6-12(18)19;12-6-2-1-3-7-13-11(19)14-8(10(17)18)4-5-9(15)16;2*2-1-3/h1-4,11H,5-8,15H2,(H,18,19)(H,20,21)(H2,16,17,22);8H,1-7,12H2,(H,15,16)(H,17,18)(H2,13,14,19);;/t11-;8-;;/m00../s1. The molecule has 1 aromatic carbocycles. The Bertz CT molecular complexity index is 1150. The zero-order valence-corrected chi connectivity index (χ0v) is 25.3. The van der Waals surface area contributed by atoms with Gasteiger partial charge in [-0.15, -0.1) is 0 Å². The van der Waals surface area contributed by atoms with Gasteiger partial charge in [-0.05, 0) is 56.3 Å². The minimum Gasteiger partial charge on any atom is -0.481 e. The monoisotopic (exact) mass is 672 g/mol. The second-order valence-electron chi connectivity index (χ2n) is 8.95. The molecule has 0 spiro atoms. The second-order valence-corrected chi connectivity index (χ2v) is 8.95. The predicted octanol–water partition coefficient (Wildman–Crippen LogP) is -1.01.